The van der Waals surface area contributed by atoms with Crippen LogP contribution in [0.5, 0.6) is 0 Å². The molecule has 1 amide bonds. The van der Waals surface area contributed by atoms with Gasteiger partial charge in [-0.3, -0.25) is 9.48 Å². The largest absolute Gasteiger partial charge is 0.433 e. The van der Waals surface area contributed by atoms with Crippen molar-refractivity contribution in [2.24, 2.45) is 0 Å². The monoisotopic (exact) mass is 510 g/mol. The third-order valence-corrected chi connectivity index (χ3v) is 5.60. The number of anilines is 1. The fraction of sp³-hybridized carbons (Fsp3) is 0.273. The molecular weight excluding hydrogens is 492 g/mol. The number of aromatic nitrogens is 5. The minimum absolute atomic E-state index is 0.0372. The first kappa shape index (κ1) is 24.0. The van der Waals surface area contributed by atoms with Crippen LogP contribution in [0.4, 0.5) is 19.0 Å². The van der Waals surface area contributed by atoms with E-state index >= 15 is 0 Å². The number of rotatable bonds is 4. The molecular formula is C22H19Cl2F3N6O. The molecule has 1 aromatic carbocycles. The van der Waals surface area contributed by atoms with Crippen molar-refractivity contribution < 1.29 is 18.0 Å². The average molecular weight is 511 g/mol. The van der Waals surface area contributed by atoms with E-state index in [1.807, 2.05) is 12.1 Å². The van der Waals surface area contributed by atoms with Crippen LogP contribution in [0.15, 0.2) is 42.6 Å². The molecule has 34 heavy (non-hydrogen) atoms. The topological polar surface area (TPSA) is 77.1 Å². The van der Waals surface area contributed by atoms with Crippen molar-refractivity contribution in [2.45, 2.75) is 38.9 Å². The van der Waals surface area contributed by atoms with Gasteiger partial charge in [0.15, 0.2) is 17.2 Å². The maximum Gasteiger partial charge on any atom is 0.433 e. The first-order valence-electron chi connectivity index (χ1n) is 10.1. The Morgan fingerprint density at radius 1 is 1.06 bits per heavy atom. The summed E-state index contributed by atoms with van der Waals surface area (Å²) in [5.41, 5.74) is -1.01. The lowest BCUT2D eigenvalue weighted by Gasteiger charge is -2.19. The zero-order valence-electron chi connectivity index (χ0n) is 18.3. The predicted molar refractivity (Wildman–Crippen MR) is 122 cm³/mol. The number of alkyl halides is 3. The highest BCUT2D eigenvalue weighted by Gasteiger charge is 2.36. The number of nitrogens with one attached hydrogen (secondary N) is 1. The summed E-state index contributed by atoms with van der Waals surface area (Å²) in [5.74, 6) is -0.740. The Morgan fingerprint density at radius 2 is 1.76 bits per heavy atom. The zero-order valence-corrected chi connectivity index (χ0v) is 19.8. The van der Waals surface area contributed by atoms with E-state index in [4.69, 9.17) is 23.2 Å². The highest BCUT2D eigenvalue weighted by molar-refractivity contribution is 6.33. The molecule has 1 N–H and O–H groups in total. The summed E-state index contributed by atoms with van der Waals surface area (Å²) < 4.78 is 43.1. The molecule has 0 bridgehead atoms. The molecule has 0 saturated carbocycles. The second-order valence-electron chi connectivity index (χ2n) is 8.64. The minimum atomic E-state index is -4.69. The van der Waals surface area contributed by atoms with Crippen molar-refractivity contribution in [3.63, 3.8) is 0 Å². The third-order valence-electron chi connectivity index (χ3n) is 4.96. The van der Waals surface area contributed by atoms with Gasteiger partial charge in [0, 0.05) is 22.7 Å². The molecule has 0 aliphatic rings. The lowest BCUT2D eigenvalue weighted by Crippen LogP contribution is -2.20. The van der Waals surface area contributed by atoms with Crippen LogP contribution in [0.25, 0.3) is 5.65 Å². The quantitative estimate of drug-likeness (QED) is 0.373. The summed E-state index contributed by atoms with van der Waals surface area (Å²) in [5, 5.41) is 11.3. The Hall–Kier alpha value is -3.11. The van der Waals surface area contributed by atoms with Crippen LogP contribution in [0.1, 0.15) is 48.2 Å². The Morgan fingerprint density at radius 3 is 2.41 bits per heavy atom. The van der Waals surface area contributed by atoms with Crippen LogP contribution in [-0.2, 0) is 18.1 Å². The normalized spacial score (nSPS) is 12.4. The standard InChI is InChI=1S/C22H19Cl2F3N6O/c1-21(2,3)16-9-17(22(25,26)27)33-18(28-16)8-15(30-33)20(34)29-19-14(24)11-32(31-19)10-12-6-4-5-7-13(12)23/h4-9,11H,10H2,1-3H3,(H,29,31,34). The number of amides is 1. The van der Waals surface area contributed by atoms with E-state index in [1.54, 1.807) is 32.9 Å². The molecule has 12 heteroatoms. The fourth-order valence-corrected chi connectivity index (χ4v) is 3.60. The minimum Gasteiger partial charge on any atom is -0.302 e. The first-order valence-corrected chi connectivity index (χ1v) is 10.8. The van der Waals surface area contributed by atoms with Crippen LogP contribution in [-0.4, -0.2) is 30.3 Å². The first-order chi connectivity index (χ1) is 15.8. The molecule has 178 valence electrons. The van der Waals surface area contributed by atoms with Gasteiger partial charge in [-0.2, -0.15) is 23.4 Å². The van der Waals surface area contributed by atoms with Crippen LogP contribution < -0.4 is 5.32 Å². The number of benzene rings is 1. The van der Waals surface area contributed by atoms with Gasteiger partial charge in [0.05, 0.1) is 12.2 Å². The van der Waals surface area contributed by atoms with E-state index < -0.39 is 23.2 Å². The number of carbonyl (C=O) groups is 1. The molecule has 0 atom stereocenters. The van der Waals surface area contributed by atoms with Gasteiger partial charge in [-0.1, -0.05) is 62.2 Å². The van der Waals surface area contributed by atoms with Crippen molar-refractivity contribution in [1.29, 1.82) is 0 Å². The van der Waals surface area contributed by atoms with Crippen molar-refractivity contribution in [2.75, 3.05) is 5.32 Å². The zero-order chi connectivity index (χ0) is 24.8. The molecule has 7 nitrogen and oxygen atoms in total. The van der Waals surface area contributed by atoms with Crippen LogP contribution in [0, 0.1) is 0 Å². The Kier molecular flexibility index (Phi) is 6.07. The summed E-state index contributed by atoms with van der Waals surface area (Å²) >= 11 is 12.4. The smallest absolute Gasteiger partial charge is 0.302 e. The van der Waals surface area contributed by atoms with E-state index in [0.29, 0.717) is 16.1 Å². The van der Waals surface area contributed by atoms with Gasteiger partial charge in [0.25, 0.3) is 5.91 Å². The van der Waals surface area contributed by atoms with E-state index in [-0.39, 0.29) is 27.9 Å². The SMILES string of the molecule is CC(C)(C)c1cc(C(F)(F)F)n2nc(C(=O)Nc3nn(Cc4ccccc4Cl)cc3Cl)cc2n1. The van der Waals surface area contributed by atoms with E-state index in [9.17, 15) is 18.0 Å². The van der Waals surface area contributed by atoms with Crippen molar-refractivity contribution in [1.82, 2.24) is 24.4 Å². The Bertz CT molecular complexity index is 1390. The van der Waals surface area contributed by atoms with Gasteiger partial charge >= 0.3 is 6.18 Å². The number of halogens is 5. The second-order valence-corrected chi connectivity index (χ2v) is 9.46. The Balaban J connectivity index is 1.64. The van der Waals surface area contributed by atoms with Crippen molar-refractivity contribution in [3.8, 4) is 0 Å². The van der Waals surface area contributed by atoms with Crippen molar-refractivity contribution in [3.05, 3.63) is 75.3 Å². The number of nitrogens with zero attached hydrogens (tertiary/aromatic N) is 5. The average Bonchev–Trinajstić information content (AvgIpc) is 3.31. The summed E-state index contributed by atoms with van der Waals surface area (Å²) in [4.78, 5) is 17.0. The van der Waals surface area contributed by atoms with Gasteiger partial charge in [-0.05, 0) is 17.7 Å². The highest BCUT2D eigenvalue weighted by atomic mass is 35.5. The molecule has 0 unspecified atom stereocenters. The summed E-state index contributed by atoms with van der Waals surface area (Å²) in [6, 6.07) is 9.31. The van der Waals surface area contributed by atoms with Gasteiger partial charge in [-0.15, -0.1) is 0 Å². The number of hydrogen-bond acceptors (Lipinski definition) is 4. The van der Waals surface area contributed by atoms with E-state index in [0.717, 1.165) is 11.6 Å². The maximum absolute atomic E-state index is 13.7. The molecule has 0 spiro atoms. The van der Waals surface area contributed by atoms with E-state index in [2.05, 4.69) is 20.5 Å². The molecule has 0 aliphatic carbocycles. The van der Waals surface area contributed by atoms with Gasteiger partial charge in [0.2, 0.25) is 0 Å². The van der Waals surface area contributed by atoms with Crippen molar-refractivity contribution >= 4 is 40.6 Å². The predicted octanol–water partition coefficient (Wildman–Crippen LogP) is 5.85. The second kappa shape index (κ2) is 8.59. The maximum atomic E-state index is 13.7. The summed E-state index contributed by atoms with van der Waals surface area (Å²) in [6.45, 7) is 5.54. The number of fused-ring (bicyclic) bond motifs is 1. The molecule has 3 aromatic heterocycles. The summed E-state index contributed by atoms with van der Waals surface area (Å²) in [7, 11) is 0. The van der Waals surface area contributed by atoms with Crippen LogP contribution in [0.2, 0.25) is 10.0 Å². The summed E-state index contributed by atoms with van der Waals surface area (Å²) in [6.07, 6.45) is -3.19. The number of hydrogen-bond donors (Lipinski definition) is 1. The molecule has 0 saturated heterocycles. The van der Waals surface area contributed by atoms with Gasteiger partial charge in [0.1, 0.15) is 10.7 Å². The molecule has 0 fully saturated rings. The lowest BCUT2D eigenvalue weighted by atomic mass is 9.91. The molecule has 4 rings (SSSR count). The molecule has 0 radical (unpaired) electrons. The van der Waals surface area contributed by atoms with Gasteiger partial charge in [-0.25, -0.2) is 9.50 Å². The molecule has 4 aromatic rings. The van der Waals surface area contributed by atoms with E-state index in [1.165, 1.54) is 16.9 Å². The van der Waals surface area contributed by atoms with Crippen LogP contribution in [0.3, 0.4) is 0 Å². The fourth-order valence-electron chi connectivity index (χ4n) is 3.21. The Labute approximate surface area is 202 Å². The molecule has 3 heterocycles. The highest BCUT2D eigenvalue weighted by Crippen LogP contribution is 2.33. The molecule has 0 aliphatic heterocycles. The number of carbonyl (C=O) groups excluding carboxylic acids is 1. The van der Waals surface area contributed by atoms with Crippen LogP contribution >= 0.6 is 23.2 Å². The van der Waals surface area contributed by atoms with Gasteiger partial charge < -0.3 is 5.32 Å². The third kappa shape index (κ3) is 4.88. The lowest BCUT2D eigenvalue weighted by molar-refractivity contribution is -0.142.